The number of nitrogens with one attached hydrogen (secondary N) is 1. The van der Waals surface area contributed by atoms with Gasteiger partial charge in [-0.3, -0.25) is 0 Å². The van der Waals surface area contributed by atoms with Crippen LogP contribution in [0.25, 0.3) is 0 Å². The fourth-order valence-corrected chi connectivity index (χ4v) is 1.94. The van der Waals surface area contributed by atoms with E-state index in [1.165, 1.54) is 5.56 Å². The Bertz CT molecular complexity index is 374. The van der Waals surface area contributed by atoms with Gasteiger partial charge in [-0.15, -0.1) is 0 Å². The Kier molecular flexibility index (Phi) is 5.36. The van der Waals surface area contributed by atoms with E-state index in [9.17, 15) is 0 Å². The quantitative estimate of drug-likeness (QED) is 0.825. The second-order valence-corrected chi connectivity index (χ2v) is 7.09. The van der Waals surface area contributed by atoms with Crippen LogP contribution in [0.1, 0.15) is 53.0 Å². The predicted octanol–water partition coefficient (Wildman–Crippen LogP) is 3.56. The Balaban J connectivity index is 2.54. The molecule has 3 N–H and O–H groups in total. The average molecular weight is 263 g/mol. The van der Waals surface area contributed by atoms with Crippen LogP contribution in [-0.2, 0) is 5.41 Å². The van der Waals surface area contributed by atoms with E-state index in [0.29, 0.717) is 0 Å². The molecule has 108 valence electrons. The third-order valence-electron chi connectivity index (χ3n) is 3.44. The minimum absolute atomic E-state index is 0.159. The number of pyridine rings is 1. The summed E-state index contributed by atoms with van der Waals surface area (Å²) in [4.78, 5) is 4.49. The third-order valence-corrected chi connectivity index (χ3v) is 3.44. The average Bonchev–Trinajstić information content (AvgIpc) is 2.34. The second kappa shape index (κ2) is 6.38. The van der Waals surface area contributed by atoms with Crippen LogP contribution in [-0.4, -0.2) is 18.1 Å². The van der Waals surface area contributed by atoms with Crippen LogP contribution in [0.3, 0.4) is 0 Å². The van der Waals surface area contributed by atoms with Gasteiger partial charge >= 0.3 is 0 Å². The molecule has 1 aromatic rings. The summed E-state index contributed by atoms with van der Waals surface area (Å²) in [5.74, 6) is 0.953. The molecule has 0 aliphatic rings. The first-order chi connectivity index (χ1) is 8.74. The molecule has 0 aliphatic carbocycles. The zero-order valence-corrected chi connectivity index (χ0v) is 13.1. The van der Waals surface area contributed by atoms with Crippen molar-refractivity contribution in [1.29, 1.82) is 0 Å². The molecule has 0 radical (unpaired) electrons. The van der Waals surface area contributed by atoms with Crippen LogP contribution >= 0.6 is 0 Å². The maximum atomic E-state index is 5.57. The molecule has 1 rings (SSSR count). The van der Waals surface area contributed by atoms with Crippen LogP contribution in [0.2, 0.25) is 0 Å². The predicted molar refractivity (Wildman–Crippen MR) is 83.5 cm³/mol. The molecule has 0 amide bonds. The highest BCUT2D eigenvalue weighted by Crippen LogP contribution is 2.24. The van der Waals surface area contributed by atoms with E-state index < -0.39 is 0 Å². The summed E-state index contributed by atoms with van der Waals surface area (Å²) < 4.78 is 0. The van der Waals surface area contributed by atoms with Gasteiger partial charge in [0, 0.05) is 12.7 Å². The molecule has 0 atom stereocenters. The van der Waals surface area contributed by atoms with Gasteiger partial charge in [0.2, 0.25) is 0 Å². The summed E-state index contributed by atoms with van der Waals surface area (Å²) in [7, 11) is 0. The maximum Gasteiger partial charge on any atom is 0.125 e. The zero-order valence-electron chi connectivity index (χ0n) is 13.1. The molecule has 0 unspecified atom stereocenters. The van der Waals surface area contributed by atoms with Crippen LogP contribution in [0.5, 0.6) is 0 Å². The van der Waals surface area contributed by atoms with Gasteiger partial charge in [0.25, 0.3) is 0 Å². The van der Waals surface area contributed by atoms with Gasteiger partial charge in [0.1, 0.15) is 5.82 Å². The van der Waals surface area contributed by atoms with Gasteiger partial charge in [-0.2, -0.15) is 0 Å². The van der Waals surface area contributed by atoms with Gasteiger partial charge in [-0.25, -0.2) is 4.98 Å². The lowest BCUT2D eigenvalue weighted by Crippen LogP contribution is -2.24. The molecule has 0 saturated carbocycles. The van der Waals surface area contributed by atoms with Crippen molar-refractivity contribution in [3.8, 4) is 0 Å². The summed E-state index contributed by atoms with van der Waals surface area (Å²) in [5.41, 5.74) is 7.24. The molecule has 0 spiro atoms. The SMILES string of the molecule is CC(C)(CCCN)CNc1ccc(C(C)(C)C)cn1. The lowest BCUT2D eigenvalue weighted by Gasteiger charge is -2.25. The molecule has 1 heterocycles. The number of rotatable bonds is 6. The van der Waals surface area contributed by atoms with Crippen molar-refractivity contribution >= 4 is 5.82 Å². The third kappa shape index (κ3) is 5.60. The molecule has 3 nitrogen and oxygen atoms in total. The van der Waals surface area contributed by atoms with Crippen molar-refractivity contribution in [1.82, 2.24) is 4.98 Å². The summed E-state index contributed by atoms with van der Waals surface area (Å²) in [5, 5.41) is 3.42. The molecule has 0 aliphatic heterocycles. The Morgan fingerprint density at radius 1 is 1.16 bits per heavy atom. The smallest absolute Gasteiger partial charge is 0.125 e. The van der Waals surface area contributed by atoms with E-state index in [-0.39, 0.29) is 10.8 Å². The topological polar surface area (TPSA) is 50.9 Å². The summed E-state index contributed by atoms with van der Waals surface area (Å²) >= 11 is 0. The molecular weight excluding hydrogens is 234 g/mol. The van der Waals surface area contributed by atoms with Crippen molar-refractivity contribution in [2.75, 3.05) is 18.4 Å². The first-order valence-corrected chi connectivity index (χ1v) is 7.15. The first kappa shape index (κ1) is 16.0. The van der Waals surface area contributed by atoms with Crippen molar-refractivity contribution in [3.63, 3.8) is 0 Å². The van der Waals surface area contributed by atoms with Gasteiger partial charge in [-0.05, 0) is 41.8 Å². The van der Waals surface area contributed by atoms with E-state index in [4.69, 9.17) is 5.73 Å². The number of aromatic nitrogens is 1. The van der Waals surface area contributed by atoms with Crippen LogP contribution in [0.15, 0.2) is 18.3 Å². The molecule has 19 heavy (non-hydrogen) atoms. The number of hydrogen-bond acceptors (Lipinski definition) is 3. The molecule has 0 bridgehead atoms. The van der Waals surface area contributed by atoms with E-state index in [2.05, 4.69) is 57.1 Å². The molecule has 0 saturated heterocycles. The standard InChI is InChI=1S/C16H29N3/c1-15(2,3)13-7-8-14(18-11-13)19-12-16(4,5)9-6-10-17/h7-8,11H,6,9-10,12,17H2,1-5H3,(H,18,19). The van der Waals surface area contributed by atoms with Gasteiger partial charge in [0.05, 0.1) is 0 Å². The van der Waals surface area contributed by atoms with Crippen LogP contribution < -0.4 is 11.1 Å². The number of nitrogens with zero attached hydrogens (tertiary/aromatic N) is 1. The largest absolute Gasteiger partial charge is 0.370 e. The second-order valence-electron chi connectivity index (χ2n) is 7.09. The molecular formula is C16H29N3. The Morgan fingerprint density at radius 3 is 2.32 bits per heavy atom. The highest BCUT2D eigenvalue weighted by atomic mass is 15.0. The summed E-state index contributed by atoms with van der Waals surface area (Å²) in [6, 6.07) is 4.22. The lowest BCUT2D eigenvalue weighted by molar-refractivity contribution is 0.350. The van der Waals surface area contributed by atoms with Gasteiger partial charge in [0.15, 0.2) is 0 Å². The van der Waals surface area contributed by atoms with Gasteiger partial charge in [-0.1, -0.05) is 40.7 Å². The summed E-state index contributed by atoms with van der Waals surface area (Å²) in [6.45, 7) is 12.8. The number of nitrogens with two attached hydrogens (primary N) is 1. The fourth-order valence-electron chi connectivity index (χ4n) is 1.94. The maximum absolute atomic E-state index is 5.57. The highest BCUT2D eigenvalue weighted by molar-refractivity contribution is 5.37. The molecule has 3 heteroatoms. The van der Waals surface area contributed by atoms with Crippen molar-refractivity contribution in [3.05, 3.63) is 23.9 Å². The minimum Gasteiger partial charge on any atom is -0.370 e. The highest BCUT2D eigenvalue weighted by Gasteiger charge is 2.17. The van der Waals surface area contributed by atoms with E-state index >= 15 is 0 Å². The van der Waals surface area contributed by atoms with Crippen molar-refractivity contribution < 1.29 is 0 Å². The van der Waals surface area contributed by atoms with Crippen molar-refractivity contribution in [2.24, 2.45) is 11.1 Å². The van der Waals surface area contributed by atoms with E-state index in [1.807, 2.05) is 6.20 Å². The van der Waals surface area contributed by atoms with Crippen molar-refractivity contribution in [2.45, 2.75) is 52.9 Å². The van der Waals surface area contributed by atoms with Crippen LogP contribution in [0, 0.1) is 5.41 Å². The van der Waals surface area contributed by atoms with E-state index in [0.717, 1.165) is 31.7 Å². The normalized spacial score (nSPS) is 12.5. The Hall–Kier alpha value is -1.09. The number of anilines is 1. The van der Waals surface area contributed by atoms with Crippen LogP contribution in [0.4, 0.5) is 5.82 Å². The lowest BCUT2D eigenvalue weighted by atomic mass is 9.87. The minimum atomic E-state index is 0.159. The fraction of sp³-hybridized carbons (Fsp3) is 0.688. The first-order valence-electron chi connectivity index (χ1n) is 7.15. The zero-order chi connectivity index (χ0) is 14.5. The van der Waals surface area contributed by atoms with E-state index in [1.54, 1.807) is 0 Å². The number of hydrogen-bond donors (Lipinski definition) is 2. The summed E-state index contributed by atoms with van der Waals surface area (Å²) in [6.07, 6.45) is 4.18. The Morgan fingerprint density at radius 2 is 1.84 bits per heavy atom. The molecule has 0 aromatic carbocycles. The molecule has 1 aromatic heterocycles. The van der Waals surface area contributed by atoms with Gasteiger partial charge < -0.3 is 11.1 Å². The molecule has 0 fully saturated rings. The monoisotopic (exact) mass is 263 g/mol. The Labute approximate surface area is 118 Å².